The fourth-order valence-electron chi connectivity index (χ4n) is 1.70. The maximum atomic E-state index is 11.8. The molecule has 3 N–H and O–H groups in total. The smallest absolute Gasteiger partial charge is 0.271 e. The zero-order chi connectivity index (χ0) is 14.2. The largest absolute Gasteiger partial charge is 0.369 e. The molecule has 0 aromatic carbocycles. The lowest BCUT2D eigenvalue weighted by atomic mass is 10.3. The molecular formula is C13H18N6O. The van der Waals surface area contributed by atoms with Crippen molar-refractivity contribution in [1.82, 2.24) is 25.3 Å². The minimum Gasteiger partial charge on any atom is -0.369 e. The fraction of sp³-hybridized carbons (Fsp3) is 0.385. The van der Waals surface area contributed by atoms with Gasteiger partial charge in [-0.25, -0.2) is 15.0 Å². The number of hydrogen-bond donors (Lipinski definition) is 3. The van der Waals surface area contributed by atoms with Gasteiger partial charge in [0.05, 0.1) is 12.4 Å². The molecule has 1 amide bonds. The van der Waals surface area contributed by atoms with Crippen LogP contribution in [0.5, 0.6) is 0 Å². The van der Waals surface area contributed by atoms with E-state index in [-0.39, 0.29) is 5.91 Å². The zero-order valence-electron chi connectivity index (χ0n) is 11.4. The van der Waals surface area contributed by atoms with E-state index in [4.69, 9.17) is 0 Å². The van der Waals surface area contributed by atoms with Crippen LogP contribution < -0.4 is 10.6 Å². The van der Waals surface area contributed by atoms with Crippen molar-refractivity contribution in [2.24, 2.45) is 0 Å². The number of nitrogens with zero attached hydrogens (tertiary/aromatic N) is 3. The highest BCUT2D eigenvalue weighted by Crippen LogP contribution is 2.00. The number of carbonyl (C=O) groups excluding carboxylic acids is 1. The van der Waals surface area contributed by atoms with Crippen LogP contribution in [0.3, 0.4) is 0 Å². The summed E-state index contributed by atoms with van der Waals surface area (Å²) in [5.74, 6) is 1.39. The van der Waals surface area contributed by atoms with Gasteiger partial charge < -0.3 is 15.6 Å². The Labute approximate surface area is 117 Å². The Balaban J connectivity index is 1.73. The molecule has 0 aliphatic carbocycles. The monoisotopic (exact) mass is 274 g/mol. The van der Waals surface area contributed by atoms with Crippen molar-refractivity contribution in [1.29, 1.82) is 0 Å². The topological polar surface area (TPSA) is 95.6 Å². The third-order valence-electron chi connectivity index (χ3n) is 2.67. The molecule has 0 fully saturated rings. The van der Waals surface area contributed by atoms with Crippen LogP contribution in [0.2, 0.25) is 0 Å². The van der Waals surface area contributed by atoms with Crippen molar-refractivity contribution in [2.75, 3.05) is 18.4 Å². The van der Waals surface area contributed by atoms with Gasteiger partial charge in [0.25, 0.3) is 5.91 Å². The summed E-state index contributed by atoms with van der Waals surface area (Å²) in [5.41, 5.74) is 0.324. The summed E-state index contributed by atoms with van der Waals surface area (Å²) >= 11 is 0. The van der Waals surface area contributed by atoms with Gasteiger partial charge in [0.2, 0.25) is 0 Å². The van der Waals surface area contributed by atoms with E-state index >= 15 is 0 Å². The van der Waals surface area contributed by atoms with E-state index < -0.39 is 0 Å². The molecule has 0 aliphatic rings. The molecule has 0 spiro atoms. The van der Waals surface area contributed by atoms with E-state index in [9.17, 15) is 4.79 Å². The number of anilines is 1. The van der Waals surface area contributed by atoms with Crippen molar-refractivity contribution in [3.63, 3.8) is 0 Å². The van der Waals surface area contributed by atoms with E-state index in [1.165, 1.54) is 6.20 Å². The second-order valence-corrected chi connectivity index (χ2v) is 4.21. The SMILES string of the molecule is CCNc1cnc(C(=O)NCCCc2ncc[nH]2)cn1. The van der Waals surface area contributed by atoms with E-state index in [2.05, 4.69) is 30.6 Å². The van der Waals surface area contributed by atoms with Gasteiger partial charge in [-0.15, -0.1) is 0 Å². The number of aromatic nitrogens is 4. The number of H-pyrrole nitrogens is 1. The Morgan fingerprint density at radius 1 is 1.30 bits per heavy atom. The number of hydrogen-bond acceptors (Lipinski definition) is 5. The maximum absolute atomic E-state index is 11.8. The van der Waals surface area contributed by atoms with Crippen molar-refractivity contribution < 1.29 is 4.79 Å². The van der Waals surface area contributed by atoms with Gasteiger partial charge >= 0.3 is 0 Å². The third kappa shape index (κ3) is 4.04. The highest BCUT2D eigenvalue weighted by atomic mass is 16.1. The first kappa shape index (κ1) is 14.0. The molecule has 0 saturated carbocycles. The molecule has 20 heavy (non-hydrogen) atoms. The summed E-state index contributed by atoms with van der Waals surface area (Å²) in [6.45, 7) is 3.32. The molecule has 2 aromatic heterocycles. The second-order valence-electron chi connectivity index (χ2n) is 4.21. The van der Waals surface area contributed by atoms with E-state index in [0.29, 0.717) is 18.1 Å². The lowest BCUT2D eigenvalue weighted by Crippen LogP contribution is -2.26. The predicted molar refractivity (Wildman–Crippen MR) is 75.4 cm³/mol. The van der Waals surface area contributed by atoms with Crippen molar-refractivity contribution >= 4 is 11.7 Å². The minimum absolute atomic E-state index is 0.208. The molecular weight excluding hydrogens is 256 g/mol. The van der Waals surface area contributed by atoms with Gasteiger partial charge in [-0.2, -0.15) is 0 Å². The first-order valence-electron chi connectivity index (χ1n) is 6.62. The lowest BCUT2D eigenvalue weighted by molar-refractivity contribution is 0.0948. The van der Waals surface area contributed by atoms with E-state index in [1.807, 2.05) is 6.92 Å². The summed E-state index contributed by atoms with van der Waals surface area (Å²) in [7, 11) is 0. The first-order chi connectivity index (χ1) is 9.79. The predicted octanol–water partition coefficient (Wildman–Crippen LogP) is 0.994. The molecule has 106 valence electrons. The van der Waals surface area contributed by atoms with Crippen LogP contribution in [0.25, 0.3) is 0 Å². The number of amides is 1. The van der Waals surface area contributed by atoms with Crippen LogP contribution >= 0.6 is 0 Å². The molecule has 0 bridgehead atoms. The molecule has 0 saturated heterocycles. The average Bonchev–Trinajstić information content (AvgIpc) is 2.98. The maximum Gasteiger partial charge on any atom is 0.271 e. The summed E-state index contributed by atoms with van der Waals surface area (Å²) in [5, 5.41) is 5.84. The van der Waals surface area contributed by atoms with Crippen LogP contribution in [-0.4, -0.2) is 38.9 Å². The Bertz CT molecular complexity index is 522. The van der Waals surface area contributed by atoms with Gasteiger partial charge in [-0.05, 0) is 13.3 Å². The Hall–Kier alpha value is -2.44. The summed E-state index contributed by atoms with van der Waals surface area (Å²) < 4.78 is 0. The van der Waals surface area contributed by atoms with Gasteiger partial charge in [-0.1, -0.05) is 0 Å². The minimum atomic E-state index is -0.208. The highest BCUT2D eigenvalue weighted by molar-refractivity contribution is 5.91. The Morgan fingerprint density at radius 3 is 2.85 bits per heavy atom. The highest BCUT2D eigenvalue weighted by Gasteiger charge is 2.07. The molecule has 0 radical (unpaired) electrons. The number of aromatic amines is 1. The van der Waals surface area contributed by atoms with E-state index in [1.54, 1.807) is 18.6 Å². The Morgan fingerprint density at radius 2 is 2.20 bits per heavy atom. The summed E-state index contributed by atoms with van der Waals surface area (Å²) in [4.78, 5) is 27.1. The molecule has 2 heterocycles. The molecule has 7 nitrogen and oxygen atoms in total. The second kappa shape index (κ2) is 7.22. The lowest BCUT2D eigenvalue weighted by Gasteiger charge is -2.05. The standard InChI is InChI=1S/C13H18N6O/c1-2-14-12-9-18-10(8-19-12)13(20)17-5-3-4-11-15-6-7-16-11/h6-9H,2-5H2,1H3,(H,14,19)(H,15,16)(H,17,20). The first-order valence-corrected chi connectivity index (χ1v) is 6.62. The quantitative estimate of drug-likeness (QED) is 0.654. The van der Waals surface area contributed by atoms with Crippen molar-refractivity contribution in [2.45, 2.75) is 19.8 Å². The summed E-state index contributed by atoms with van der Waals surface area (Å²) in [6, 6.07) is 0. The van der Waals surface area contributed by atoms with Crippen LogP contribution in [0, 0.1) is 0 Å². The van der Waals surface area contributed by atoms with Gasteiger partial charge in [-0.3, -0.25) is 4.79 Å². The van der Waals surface area contributed by atoms with Crippen LogP contribution in [0.15, 0.2) is 24.8 Å². The molecule has 2 rings (SSSR count). The number of aryl methyl sites for hydroxylation is 1. The van der Waals surface area contributed by atoms with Gasteiger partial charge in [0.1, 0.15) is 17.3 Å². The fourth-order valence-corrected chi connectivity index (χ4v) is 1.70. The van der Waals surface area contributed by atoms with Crippen LogP contribution in [0.4, 0.5) is 5.82 Å². The van der Waals surface area contributed by atoms with Crippen LogP contribution in [-0.2, 0) is 6.42 Å². The third-order valence-corrected chi connectivity index (χ3v) is 2.67. The van der Waals surface area contributed by atoms with Crippen molar-refractivity contribution in [3.05, 3.63) is 36.3 Å². The number of imidazole rings is 1. The molecule has 2 aromatic rings. The molecule has 0 aliphatic heterocycles. The number of carbonyl (C=O) groups is 1. The normalized spacial score (nSPS) is 10.2. The number of nitrogens with one attached hydrogen (secondary N) is 3. The van der Waals surface area contributed by atoms with Gasteiger partial charge in [0, 0.05) is 31.9 Å². The van der Waals surface area contributed by atoms with Gasteiger partial charge in [0.15, 0.2) is 0 Å². The van der Waals surface area contributed by atoms with Crippen molar-refractivity contribution in [3.8, 4) is 0 Å². The average molecular weight is 274 g/mol. The molecule has 7 heteroatoms. The van der Waals surface area contributed by atoms with Crippen LogP contribution in [0.1, 0.15) is 29.7 Å². The number of rotatable bonds is 7. The summed E-state index contributed by atoms with van der Waals surface area (Å²) in [6.07, 6.45) is 8.16. The molecule has 0 atom stereocenters. The van der Waals surface area contributed by atoms with E-state index in [0.717, 1.165) is 25.2 Å². The Kier molecular flexibility index (Phi) is 5.05. The zero-order valence-corrected chi connectivity index (χ0v) is 11.4. The molecule has 0 unspecified atom stereocenters.